The summed E-state index contributed by atoms with van der Waals surface area (Å²) in [6.07, 6.45) is 3.79. The van der Waals surface area contributed by atoms with E-state index in [1.165, 1.54) is 16.8 Å². The lowest BCUT2D eigenvalue weighted by atomic mass is 10.1. The normalized spacial score (nSPS) is 24.1. The van der Waals surface area contributed by atoms with E-state index in [0.717, 1.165) is 43.0 Å². The van der Waals surface area contributed by atoms with Crippen LogP contribution in [0.4, 0.5) is 8.78 Å². The zero-order valence-corrected chi connectivity index (χ0v) is 14.1. The van der Waals surface area contributed by atoms with Gasteiger partial charge in [-0.2, -0.15) is 5.10 Å². The number of nitrogens with zero attached hydrogens (tertiary/aromatic N) is 2. The molecule has 2 fully saturated rings. The van der Waals surface area contributed by atoms with Gasteiger partial charge in [-0.3, -0.25) is 4.79 Å². The topological polar surface area (TPSA) is 67.2 Å². The van der Waals surface area contributed by atoms with Crippen LogP contribution >= 0.6 is 0 Å². The van der Waals surface area contributed by atoms with E-state index >= 15 is 0 Å². The molecule has 2 saturated carbocycles. The largest absolute Gasteiger partial charge is 0.394 e. The minimum atomic E-state index is -0.697. The summed E-state index contributed by atoms with van der Waals surface area (Å²) >= 11 is 0. The molecule has 2 N–H and O–H groups in total. The molecule has 7 heteroatoms. The average Bonchev–Trinajstić information content (AvgIpc) is 3.52. The van der Waals surface area contributed by atoms with Crippen molar-refractivity contribution in [2.24, 2.45) is 11.8 Å². The van der Waals surface area contributed by atoms with Crippen molar-refractivity contribution in [2.75, 3.05) is 6.61 Å². The van der Waals surface area contributed by atoms with Gasteiger partial charge in [0.2, 0.25) is 0 Å². The number of carbonyl (C=O) groups excluding carboxylic acids is 1. The molecule has 0 saturated heterocycles. The summed E-state index contributed by atoms with van der Waals surface area (Å²) in [7, 11) is 0. The summed E-state index contributed by atoms with van der Waals surface area (Å²) in [4.78, 5) is 12.8. The lowest BCUT2D eigenvalue weighted by molar-refractivity contribution is 0.0901. The third kappa shape index (κ3) is 2.45. The monoisotopic (exact) mass is 359 g/mol. The minimum Gasteiger partial charge on any atom is -0.394 e. The number of amides is 1. The number of hydrogen-bond donors (Lipinski definition) is 2. The number of aromatic nitrogens is 2. The van der Waals surface area contributed by atoms with Crippen LogP contribution in [-0.4, -0.2) is 33.4 Å². The molecule has 1 aromatic heterocycles. The van der Waals surface area contributed by atoms with Crippen LogP contribution in [0.15, 0.2) is 18.2 Å². The second-order valence-corrected chi connectivity index (χ2v) is 7.63. The quantitative estimate of drug-likeness (QED) is 0.861. The van der Waals surface area contributed by atoms with E-state index in [1.807, 2.05) is 0 Å². The van der Waals surface area contributed by atoms with Gasteiger partial charge >= 0.3 is 0 Å². The smallest absolute Gasteiger partial charge is 0.272 e. The van der Waals surface area contributed by atoms with Crippen molar-refractivity contribution in [3.05, 3.63) is 46.8 Å². The number of nitrogens with one attached hydrogen (secondary N) is 1. The van der Waals surface area contributed by atoms with Crippen molar-refractivity contribution in [2.45, 2.75) is 37.6 Å². The summed E-state index contributed by atoms with van der Waals surface area (Å²) in [5.74, 6) is -0.566. The van der Waals surface area contributed by atoms with Gasteiger partial charge in [-0.25, -0.2) is 13.5 Å². The molecule has 1 amide bonds. The molecule has 3 atom stereocenters. The molecule has 0 spiro atoms. The van der Waals surface area contributed by atoms with Gasteiger partial charge in [0.25, 0.3) is 5.91 Å². The van der Waals surface area contributed by atoms with Crippen molar-refractivity contribution in [1.82, 2.24) is 15.1 Å². The van der Waals surface area contributed by atoms with Crippen LogP contribution in [0.2, 0.25) is 0 Å². The van der Waals surface area contributed by atoms with Crippen LogP contribution in [0, 0.1) is 23.5 Å². The fourth-order valence-electron chi connectivity index (χ4n) is 4.18. The van der Waals surface area contributed by atoms with Gasteiger partial charge < -0.3 is 10.4 Å². The Morgan fingerprint density at radius 1 is 1.38 bits per heavy atom. The van der Waals surface area contributed by atoms with E-state index in [9.17, 15) is 18.7 Å². The van der Waals surface area contributed by atoms with Crippen LogP contribution in [0.1, 0.15) is 46.9 Å². The highest BCUT2D eigenvalue weighted by molar-refractivity contribution is 5.94. The zero-order chi connectivity index (χ0) is 18.0. The van der Waals surface area contributed by atoms with E-state index in [1.54, 1.807) is 0 Å². The van der Waals surface area contributed by atoms with Gasteiger partial charge in [-0.15, -0.1) is 0 Å². The standard InChI is InChI=1S/C19H19F2N3O2/c20-11-3-4-16(14(21)7-11)24-18-12-5-10(12)6-13(18)17(23-24)19(26)22-15(8-25)9-1-2-9/h3-4,7,9-10,12,15,25H,1-2,5-6,8H2,(H,22,26)/t10-,12-,15-/m1/s1. The number of rotatable bonds is 5. The molecule has 3 aliphatic carbocycles. The Hall–Kier alpha value is -2.28. The van der Waals surface area contributed by atoms with Crippen LogP contribution in [0.25, 0.3) is 5.69 Å². The third-order valence-electron chi connectivity index (χ3n) is 5.82. The van der Waals surface area contributed by atoms with Crippen LogP contribution in [0.3, 0.4) is 0 Å². The summed E-state index contributed by atoms with van der Waals surface area (Å²) in [6.45, 7) is -0.100. The number of carbonyl (C=O) groups is 1. The van der Waals surface area contributed by atoms with Crippen LogP contribution in [0.5, 0.6) is 0 Å². The number of benzene rings is 1. The van der Waals surface area contributed by atoms with Gasteiger partial charge in [-0.1, -0.05) is 0 Å². The van der Waals surface area contributed by atoms with Crippen molar-refractivity contribution >= 4 is 5.91 Å². The Balaban J connectivity index is 1.53. The van der Waals surface area contributed by atoms with E-state index in [0.29, 0.717) is 23.4 Å². The number of halogens is 2. The molecule has 5 rings (SSSR count). The van der Waals surface area contributed by atoms with E-state index < -0.39 is 11.6 Å². The number of aliphatic hydroxyl groups excluding tert-OH is 1. The summed E-state index contributed by atoms with van der Waals surface area (Å²) < 4.78 is 29.0. The number of fused-ring (bicyclic) bond motifs is 3. The van der Waals surface area contributed by atoms with Gasteiger partial charge in [-0.05, 0) is 49.7 Å². The maximum atomic E-state index is 14.3. The molecule has 136 valence electrons. The molecule has 0 radical (unpaired) electrons. The lowest BCUT2D eigenvalue weighted by Gasteiger charge is -2.14. The maximum Gasteiger partial charge on any atom is 0.272 e. The number of aliphatic hydroxyl groups is 1. The van der Waals surface area contributed by atoms with Gasteiger partial charge in [0.05, 0.1) is 18.3 Å². The fourth-order valence-corrected chi connectivity index (χ4v) is 4.18. The summed E-state index contributed by atoms with van der Waals surface area (Å²) in [6, 6.07) is 3.12. The van der Waals surface area contributed by atoms with E-state index in [-0.39, 0.29) is 24.2 Å². The Morgan fingerprint density at radius 3 is 2.88 bits per heavy atom. The Labute approximate surface area is 149 Å². The van der Waals surface area contributed by atoms with Gasteiger partial charge in [0.1, 0.15) is 11.5 Å². The molecule has 2 aromatic rings. The van der Waals surface area contributed by atoms with Crippen LogP contribution in [-0.2, 0) is 6.42 Å². The lowest BCUT2D eigenvalue weighted by Crippen LogP contribution is -2.39. The van der Waals surface area contributed by atoms with E-state index in [2.05, 4.69) is 10.4 Å². The predicted octanol–water partition coefficient (Wildman–Crippen LogP) is 2.31. The molecule has 5 nitrogen and oxygen atoms in total. The Morgan fingerprint density at radius 2 is 2.19 bits per heavy atom. The van der Waals surface area contributed by atoms with Crippen LogP contribution < -0.4 is 5.32 Å². The molecule has 26 heavy (non-hydrogen) atoms. The molecule has 3 aliphatic rings. The average molecular weight is 359 g/mol. The highest BCUT2D eigenvalue weighted by Gasteiger charge is 2.50. The van der Waals surface area contributed by atoms with E-state index in [4.69, 9.17) is 0 Å². The molecular formula is C19H19F2N3O2. The van der Waals surface area contributed by atoms with Crippen molar-refractivity contribution in [3.63, 3.8) is 0 Å². The van der Waals surface area contributed by atoms with Gasteiger partial charge in [0.15, 0.2) is 11.5 Å². The van der Waals surface area contributed by atoms with Gasteiger partial charge in [0, 0.05) is 17.5 Å². The second-order valence-electron chi connectivity index (χ2n) is 7.63. The first kappa shape index (κ1) is 15.9. The first-order valence-corrected chi connectivity index (χ1v) is 9.05. The molecule has 0 unspecified atom stereocenters. The SMILES string of the molecule is O=C(N[C@H](CO)C1CC1)c1nn(-c2ccc(F)cc2F)c2c1C[C@H]1C[C@@H]21. The Kier molecular flexibility index (Phi) is 3.44. The molecule has 1 heterocycles. The first-order chi connectivity index (χ1) is 12.6. The molecule has 0 bridgehead atoms. The maximum absolute atomic E-state index is 14.3. The Bertz CT molecular complexity index is 906. The summed E-state index contributed by atoms with van der Waals surface area (Å²) in [5, 5.41) is 16.8. The highest BCUT2D eigenvalue weighted by atomic mass is 19.1. The number of hydrogen-bond acceptors (Lipinski definition) is 3. The van der Waals surface area contributed by atoms with Crippen molar-refractivity contribution in [1.29, 1.82) is 0 Å². The van der Waals surface area contributed by atoms with Crippen molar-refractivity contribution in [3.8, 4) is 5.69 Å². The first-order valence-electron chi connectivity index (χ1n) is 9.05. The molecule has 1 aromatic carbocycles. The fraction of sp³-hybridized carbons (Fsp3) is 0.474. The van der Waals surface area contributed by atoms with Crippen molar-refractivity contribution < 1.29 is 18.7 Å². The zero-order valence-electron chi connectivity index (χ0n) is 14.1. The highest BCUT2D eigenvalue weighted by Crippen LogP contribution is 2.57. The molecule has 0 aliphatic heterocycles. The predicted molar refractivity (Wildman–Crippen MR) is 89.1 cm³/mol. The molecular weight excluding hydrogens is 340 g/mol. The second kappa shape index (κ2) is 5.61. The summed E-state index contributed by atoms with van der Waals surface area (Å²) in [5.41, 5.74) is 2.20. The third-order valence-corrected chi connectivity index (χ3v) is 5.82. The minimum absolute atomic E-state index is 0.100.